The van der Waals surface area contributed by atoms with Gasteiger partial charge in [-0.25, -0.2) is 8.78 Å². The lowest BCUT2D eigenvalue weighted by Crippen LogP contribution is -2.21. The summed E-state index contributed by atoms with van der Waals surface area (Å²) in [6.45, 7) is 4.56. The van der Waals surface area contributed by atoms with Crippen LogP contribution in [0, 0.1) is 17.6 Å². The van der Waals surface area contributed by atoms with Gasteiger partial charge in [0.1, 0.15) is 12.4 Å². The van der Waals surface area contributed by atoms with Crippen molar-refractivity contribution in [2.45, 2.75) is 32.8 Å². The molecule has 1 aliphatic rings. The van der Waals surface area contributed by atoms with E-state index in [2.05, 4.69) is 13.8 Å². The van der Waals surface area contributed by atoms with E-state index in [1.54, 1.807) is 6.07 Å². The summed E-state index contributed by atoms with van der Waals surface area (Å²) < 4.78 is 41.0. The van der Waals surface area contributed by atoms with E-state index in [1.165, 1.54) is 13.2 Å². The maximum absolute atomic E-state index is 14.3. The molecule has 0 fully saturated rings. The molecule has 0 amide bonds. The van der Waals surface area contributed by atoms with Gasteiger partial charge in [0.15, 0.2) is 11.6 Å². The summed E-state index contributed by atoms with van der Waals surface area (Å²) in [5.41, 5.74) is 5.44. The first-order valence-corrected chi connectivity index (χ1v) is 12.0. The summed E-state index contributed by atoms with van der Waals surface area (Å²) in [6.07, 6.45) is 2.48. The average molecular weight is 488 g/mol. The molecule has 1 heterocycles. The van der Waals surface area contributed by atoms with Crippen molar-refractivity contribution < 1.29 is 23.0 Å². The summed E-state index contributed by atoms with van der Waals surface area (Å²) in [4.78, 5) is 12.1. The predicted molar refractivity (Wildman–Crippen MR) is 136 cm³/mol. The molecule has 1 atom stereocenters. The fourth-order valence-electron chi connectivity index (χ4n) is 4.84. The van der Waals surface area contributed by atoms with Crippen LogP contribution in [-0.4, -0.2) is 17.6 Å². The lowest BCUT2D eigenvalue weighted by molar-refractivity contribution is -0.143. The molecule has 1 aliphatic carbocycles. The summed E-state index contributed by atoms with van der Waals surface area (Å²) in [5, 5.41) is 0.934. The van der Waals surface area contributed by atoms with E-state index in [1.807, 2.05) is 59.2 Å². The van der Waals surface area contributed by atoms with Crippen LogP contribution in [0.15, 0.2) is 72.8 Å². The van der Waals surface area contributed by atoms with Crippen LogP contribution in [0.2, 0.25) is 0 Å². The van der Waals surface area contributed by atoms with Crippen molar-refractivity contribution in [3.63, 3.8) is 0 Å². The number of hydrogen-bond acceptors (Lipinski definition) is 3. The summed E-state index contributed by atoms with van der Waals surface area (Å²) in [7, 11) is 1.39. The van der Waals surface area contributed by atoms with Crippen LogP contribution in [0.1, 0.15) is 43.0 Å². The third-order valence-electron chi connectivity index (χ3n) is 6.60. The topological polar surface area (TPSA) is 40.5 Å². The van der Waals surface area contributed by atoms with Crippen LogP contribution < -0.4 is 4.74 Å². The fraction of sp³-hybridized carbons (Fsp3) is 0.233. The molecule has 1 unspecified atom stereocenters. The minimum absolute atomic E-state index is 0.0623. The smallest absolute Gasteiger partial charge is 0.312 e. The summed E-state index contributed by atoms with van der Waals surface area (Å²) >= 11 is 0. The van der Waals surface area contributed by atoms with Gasteiger partial charge >= 0.3 is 5.97 Å². The number of halogens is 2. The number of aromatic nitrogens is 1. The Morgan fingerprint density at radius 1 is 1.03 bits per heavy atom. The Kier molecular flexibility index (Phi) is 6.35. The molecule has 0 aliphatic heterocycles. The number of hydrogen-bond donors (Lipinski definition) is 0. The lowest BCUT2D eigenvalue weighted by atomic mass is 9.80. The molecule has 1 aromatic heterocycles. The van der Waals surface area contributed by atoms with E-state index in [0.717, 1.165) is 39.4 Å². The lowest BCUT2D eigenvalue weighted by Gasteiger charge is -2.25. The van der Waals surface area contributed by atoms with Gasteiger partial charge in [0.2, 0.25) is 0 Å². The molecule has 0 radical (unpaired) electrons. The third-order valence-corrected chi connectivity index (χ3v) is 6.60. The number of esters is 1. The predicted octanol–water partition coefficient (Wildman–Crippen LogP) is 7.19. The molecule has 6 heteroatoms. The van der Waals surface area contributed by atoms with Gasteiger partial charge in [-0.3, -0.25) is 4.79 Å². The van der Waals surface area contributed by atoms with Crippen LogP contribution in [0.5, 0.6) is 5.75 Å². The summed E-state index contributed by atoms with van der Waals surface area (Å²) in [5.74, 6) is -1.57. The van der Waals surface area contributed by atoms with E-state index in [9.17, 15) is 13.6 Å². The van der Waals surface area contributed by atoms with Crippen LogP contribution in [-0.2, 0) is 16.1 Å². The molecule has 0 N–H and O–H groups in total. The molecule has 5 rings (SSSR count). The molecular weight excluding hydrogens is 460 g/mol. The maximum Gasteiger partial charge on any atom is 0.312 e. The molecule has 36 heavy (non-hydrogen) atoms. The van der Waals surface area contributed by atoms with Crippen molar-refractivity contribution in [1.29, 1.82) is 0 Å². The highest BCUT2D eigenvalue weighted by molar-refractivity contribution is 6.00. The van der Waals surface area contributed by atoms with Gasteiger partial charge in [0.25, 0.3) is 0 Å². The molecule has 4 nitrogen and oxygen atoms in total. The standard InChI is InChI=1S/C30H27F2NO3/c1-18(2)29-28(20-13-21(14-20)30(34)35-3)24-16-23(36-17-19-7-5-4-6-8-19)10-12-27(24)33(29)22-9-11-25(31)26(32)15-22/h4-13,15-16,18,21H,14,17H2,1-3H3. The Balaban J connectivity index is 1.67. The Bertz CT molecular complexity index is 1470. The molecular formula is C30H27F2NO3. The van der Waals surface area contributed by atoms with Gasteiger partial charge in [-0.15, -0.1) is 0 Å². The zero-order chi connectivity index (χ0) is 25.4. The minimum atomic E-state index is -0.901. The maximum atomic E-state index is 14.3. The van der Waals surface area contributed by atoms with Gasteiger partial charge in [-0.2, -0.15) is 0 Å². The minimum Gasteiger partial charge on any atom is -0.489 e. The number of methoxy groups -OCH3 is 1. The van der Waals surface area contributed by atoms with Crippen molar-refractivity contribution in [2.24, 2.45) is 5.92 Å². The van der Waals surface area contributed by atoms with Crippen LogP contribution in [0.3, 0.4) is 0 Å². The first kappa shape index (κ1) is 23.8. The largest absolute Gasteiger partial charge is 0.489 e. The van der Waals surface area contributed by atoms with Gasteiger partial charge < -0.3 is 14.0 Å². The second-order valence-electron chi connectivity index (χ2n) is 9.33. The molecule has 0 bridgehead atoms. The van der Waals surface area contributed by atoms with Gasteiger partial charge in [0.05, 0.1) is 18.5 Å². The zero-order valence-corrected chi connectivity index (χ0v) is 20.4. The SMILES string of the molecule is COC(=O)C1C=C(c2c(C(C)C)n(-c3ccc(F)c(F)c3)c3ccc(OCc4ccccc4)cc23)C1. The molecule has 184 valence electrons. The number of allylic oxidation sites excluding steroid dienone is 1. The first-order chi connectivity index (χ1) is 17.4. The van der Waals surface area contributed by atoms with E-state index < -0.39 is 11.6 Å². The molecule has 0 spiro atoms. The normalized spacial score (nSPS) is 15.1. The van der Waals surface area contributed by atoms with Crippen molar-refractivity contribution >= 4 is 22.4 Å². The van der Waals surface area contributed by atoms with E-state index in [4.69, 9.17) is 9.47 Å². The number of benzene rings is 3. The van der Waals surface area contributed by atoms with Gasteiger partial charge in [-0.1, -0.05) is 50.3 Å². The number of carbonyl (C=O) groups is 1. The Morgan fingerprint density at radius 2 is 1.78 bits per heavy atom. The number of fused-ring (bicyclic) bond motifs is 1. The Labute approximate surface area is 208 Å². The Morgan fingerprint density at radius 3 is 2.44 bits per heavy atom. The summed E-state index contributed by atoms with van der Waals surface area (Å²) in [6, 6.07) is 19.7. The van der Waals surface area contributed by atoms with Crippen LogP contribution >= 0.6 is 0 Å². The highest BCUT2D eigenvalue weighted by Crippen LogP contribution is 2.45. The number of ether oxygens (including phenoxy) is 2. The van der Waals surface area contributed by atoms with E-state index in [0.29, 0.717) is 24.5 Å². The van der Waals surface area contributed by atoms with Crippen LogP contribution in [0.4, 0.5) is 8.78 Å². The molecule has 3 aromatic carbocycles. The van der Waals surface area contributed by atoms with Gasteiger partial charge in [-0.05, 0) is 53.8 Å². The second-order valence-corrected chi connectivity index (χ2v) is 9.33. The third kappa shape index (κ3) is 4.28. The fourth-order valence-corrected chi connectivity index (χ4v) is 4.84. The molecule has 0 saturated carbocycles. The van der Waals surface area contributed by atoms with Gasteiger partial charge in [0, 0.05) is 28.4 Å². The van der Waals surface area contributed by atoms with Crippen molar-refractivity contribution in [1.82, 2.24) is 4.57 Å². The van der Waals surface area contributed by atoms with E-state index >= 15 is 0 Å². The highest BCUT2D eigenvalue weighted by Gasteiger charge is 2.32. The quantitative estimate of drug-likeness (QED) is 0.259. The van der Waals surface area contributed by atoms with Crippen LogP contribution in [0.25, 0.3) is 22.2 Å². The number of nitrogens with zero attached hydrogens (tertiary/aromatic N) is 1. The second kappa shape index (κ2) is 9.61. The van der Waals surface area contributed by atoms with Crippen molar-refractivity contribution in [3.8, 4) is 11.4 Å². The zero-order valence-electron chi connectivity index (χ0n) is 20.4. The van der Waals surface area contributed by atoms with Crippen molar-refractivity contribution in [2.75, 3.05) is 7.11 Å². The average Bonchev–Trinajstić information content (AvgIpc) is 3.18. The molecule has 4 aromatic rings. The van der Waals surface area contributed by atoms with Crippen molar-refractivity contribution in [3.05, 3.63) is 101 Å². The Hall–Kier alpha value is -3.93. The number of carbonyl (C=O) groups excluding carboxylic acids is 1. The number of rotatable bonds is 7. The molecule has 0 saturated heterocycles. The monoisotopic (exact) mass is 487 g/mol. The first-order valence-electron chi connectivity index (χ1n) is 12.0. The highest BCUT2D eigenvalue weighted by atomic mass is 19.2. The van der Waals surface area contributed by atoms with E-state index in [-0.39, 0.29) is 17.8 Å².